The van der Waals surface area contributed by atoms with Crippen LogP contribution in [0.2, 0.25) is 5.02 Å². The monoisotopic (exact) mass is 480 g/mol. The third-order valence-corrected chi connectivity index (χ3v) is 6.58. The number of rotatable bonds is 8. The van der Waals surface area contributed by atoms with Gasteiger partial charge in [0.1, 0.15) is 5.75 Å². The first-order chi connectivity index (χ1) is 16.4. The summed E-state index contributed by atoms with van der Waals surface area (Å²) in [5.74, 6) is 0.134. The molecule has 0 bridgehead atoms. The first-order valence-electron chi connectivity index (χ1n) is 11.7. The van der Waals surface area contributed by atoms with E-state index in [2.05, 4.69) is 15.7 Å². The lowest BCUT2D eigenvalue weighted by Gasteiger charge is -2.13. The van der Waals surface area contributed by atoms with Crippen LogP contribution in [0.25, 0.3) is 11.3 Å². The van der Waals surface area contributed by atoms with E-state index in [1.807, 2.05) is 38.1 Å². The molecule has 2 amide bonds. The molecule has 1 fully saturated rings. The Morgan fingerprint density at radius 3 is 2.53 bits per heavy atom. The van der Waals surface area contributed by atoms with Gasteiger partial charge in [0.15, 0.2) is 0 Å². The second kappa shape index (κ2) is 10.3. The maximum Gasteiger partial charge on any atom is 0.342 e. The third-order valence-electron chi connectivity index (χ3n) is 6.21. The number of amides is 2. The van der Waals surface area contributed by atoms with Crippen molar-refractivity contribution < 1.29 is 14.7 Å². The van der Waals surface area contributed by atoms with Gasteiger partial charge in [0, 0.05) is 40.7 Å². The van der Waals surface area contributed by atoms with E-state index in [0.29, 0.717) is 22.0 Å². The molecule has 4 rings (SSSR count). The minimum absolute atomic E-state index is 0.00850. The second-order valence-electron chi connectivity index (χ2n) is 8.63. The molecule has 34 heavy (non-hydrogen) atoms. The molecule has 1 aliphatic carbocycles. The van der Waals surface area contributed by atoms with Crippen molar-refractivity contribution in [2.75, 3.05) is 5.32 Å². The molecule has 1 heterocycles. The topological polar surface area (TPSA) is 96.3 Å². The molecule has 0 unspecified atom stereocenters. The molecule has 0 atom stereocenters. The summed E-state index contributed by atoms with van der Waals surface area (Å²) in [6, 6.07) is 13.8. The van der Waals surface area contributed by atoms with Crippen molar-refractivity contribution in [2.24, 2.45) is 5.92 Å². The molecular formula is C26H29ClN4O3. The van der Waals surface area contributed by atoms with Gasteiger partial charge in [-0.2, -0.15) is 9.78 Å². The number of carbonyl (C=O) groups is 2. The molecule has 0 spiro atoms. The van der Waals surface area contributed by atoms with Gasteiger partial charge in [-0.3, -0.25) is 4.79 Å². The summed E-state index contributed by atoms with van der Waals surface area (Å²) in [6.07, 6.45) is 3.50. The van der Waals surface area contributed by atoms with E-state index in [-0.39, 0.29) is 36.1 Å². The Hall–Kier alpha value is -3.32. The van der Waals surface area contributed by atoms with Crippen LogP contribution in [0.1, 0.15) is 56.7 Å². The fraction of sp³-hybridized carbons (Fsp3) is 0.346. The van der Waals surface area contributed by atoms with E-state index in [9.17, 15) is 14.7 Å². The van der Waals surface area contributed by atoms with Gasteiger partial charge in [-0.25, -0.2) is 4.79 Å². The van der Waals surface area contributed by atoms with Crippen LogP contribution in [0.3, 0.4) is 0 Å². The predicted octanol–water partition coefficient (Wildman–Crippen LogP) is 5.92. The van der Waals surface area contributed by atoms with Crippen molar-refractivity contribution in [1.29, 1.82) is 0 Å². The Morgan fingerprint density at radius 2 is 1.88 bits per heavy atom. The van der Waals surface area contributed by atoms with Gasteiger partial charge in [-0.1, -0.05) is 43.6 Å². The van der Waals surface area contributed by atoms with Gasteiger partial charge < -0.3 is 15.7 Å². The van der Waals surface area contributed by atoms with Gasteiger partial charge >= 0.3 is 6.03 Å². The van der Waals surface area contributed by atoms with Crippen LogP contribution in [0.5, 0.6) is 5.75 Å². The summed E-state index contributed by atoms with van der Waals surface area (Å²) < 4.78 is 1.38. The highest BCUT2D eigenvalue weighted by Gasteiger charge is 2.31. The normalized spacial score (nSPS) is 13.2. The smallest absolute Gasteiger partial charge is 0.342 e. The molecule has 0 aliphatic heterocycles. The molecule has 0 saturated heterocycles. The number of halogens is 1. The summed E-state index contributed by atoms with van der Waals surface area (Å²) in [4.78, 5) is 25.3. The number of anilines is 1. The van der Waals surface area contributed by atoms with Crippen LogP contribution in [0.15, 0.2) is 48.5 Å². The number of aromatic hydroxyl groups is 1. The molecule has 3 aromatic rings. The summed E-state index contributed by atoms with van der Waals surface area (Å²) in [6.45, 7) is 4.24. The van der Waals surface area contributed by atoms with E-state index < -0.39 is 0 Å². The van der Waals surface area contributed by atoms with Gasteiger partial charge in [-0.05, 0) is 55.5 Å². The number of nitrogens with zero attached hydrogens (tertiary/aromatic N) is 2. The average molecular weight is 481 g/mol. The number of carbonyl (C=O) groups excluding carboxylic acids is 2. The van der Waals surface area contributed by atoms with Crippen molar-refractivity contribution >= 4 is 29.2 Å². The van der Waals surface area contributed by atoms with Crippen LogP contribution in [-0.4, -0.2) is 26.8 Å². The molecule has 7 nitrogen and oxygen atoms in total. The first-order valence-corrected chi connectivity index (χ1v) is 12.0. The highest BCUT2D eigenvalue weighted by Crippen LogP contribution is 2.42. The molecular weight excluding hydrogens is 452 g/mol. The van der Waals surface area contributed by atoms with Crippen molar-refractivity contribution in [3.63, 3.8) is 0 Å². The number of hydrogen-bond donors (Lipinski definition) is 3. The van der Waals surface area contributed by atoms with Crippen molar-refractivity contribution in [2.45, 2.75) is 52.0 Å². The highest BCUT2D eigenvalue weighted by atomic mass is 35.5. The first kappa shape index (κ1) is 23.8. The fourth-order valence-electron chi connectivity index (χ4n) is 3.98. The molecule has 0 radical (unpaired) electrons. The van der Waals surface area contributed by atoms with Gasteiger partial charge in [0.2, 0.25) is 5.91 Å². The molecule has 8 heteroatoms. The fourth-order valence-corrected chi connectivity index (χ4v) is 4.18. The SMILES string of the molecule is CCC(CC)C(=O)Nc1ccc(-c2cc(C3CC3)n(C(=O)NCc3ccccc3Cl)n2)c(O)c1. The Balaban J connectivity index is 1.53. The lowest BCUT2D eigenvalue weighted by atomic mass is 10.0. The number of hydrogen-bond acceptors (Lipinski definition) is 4. The molecule has 1 saturated carbocycles. The molecule has 178 valence electrons. The lowest BCUT2D eigenvalue weighted by Crippen LogP contribution is -2.30. The van der Waals surface area contributed by atoms with E-state index in [0.717, 1.165) is 36.9 Å². The minimum atomic E-state index is -0.346. The van der Waals surface area contributed by atoms with E-state index in [4.69, 9.17) is 11.6 Å². The number of phenols is 1. The van der Waals surface area contributed by atoms with Crippen molar-refractivity contribution in [1.82, 2.24) is 15.1 Å². The van der Waals surface area contributed by atoms with Crippen LogP contribution < -0.4 is 10.6 Å². The number of phenolic OH excluding ortho intramolecular Hbond substituents is 1. The standard InChI is InChI=1S/C26H29ClN4O3/c1-3-16(4-2)25(33)29-19-11-12-20(24(32)13-19)22-14-23(17-9-10-17)31(30-22)26(34)28-15-18-7-5-6-8-21(18)27/h5-8,11-14,16-17,32H,3-4,9-10,15H2,1-2H3,(H,28,34)(H,29,33). The second-order valence-corrected chi connectivity index (χ2v) is 9.03. The Morgan fingerprint density at radius 1 is 1.15 bits per heavy atom. The van der Waals surface area contributed by atoms with Gasteiger partial charge in [0.25, 0.3) is 0 Å². The highest BCUT2D eigenvalue weighted by molar-refractivity contribution is 6.31. The van der Waals surface area contributed by atoms with Crippen LogP contribution >= 0.6 is 11.6 Å². The molecule has 2 aromatic carbocycles. The summed E-state index contributed by atoms with van der Waals surface area (Å²) in [5, 5.41) is 21.5. The third kappa shape index (κ3) is 5.25. The van der Waals surface area contributed by atoms with Crippen molar-refractivity contribution in [3.05, 3.63) is 64.8 Å². The lowest BCUT2D eigenvalue weighted by molar-refractivity contribution is -0.120. The predicted molar refractivity (Wildman–Crippen MR) is 133 cm³/mol. The van der Waals surface area contributed by atoms with Crippen LogP contribution in [0.4, 0.5) is 10.5 Å². The molecule has 3 N–H and O–H groups in total. The maximum absolute atomic E-state index is 12.9. The van der Waals surface area contributed by atoms with Gasteiger partial charge in [0.05, 0.1) is 11.4 Å². The molecule has 1 aliphatic rings. The van der Waals surface area contributed by atoms with E-state index >= 15 is 0 Å². The Bertz CT molecular complexity index is 1200. The zero-order chi connectivity index (χ0) is 24.2. The van der Waals surface area contributed by atoms with Crippen molar-refractivity contribution in [3.8, 4) is 17.0 Å². The summed E-state index contributed by atoms with van der Waals surface area (Å²) in [5.41, 5.74) is 3.17. The summed E-state index contributed by atoms with van der Waals surface area (Å²) in [7, 11) is 0. The van der Waals surface area contributed by atoms with E-state index in [1.54, 1.807) is 18.2 Å². The quantitative estimate of drug-likeness (QED) is 0.373. The number of benzene rings is 2. The largest absolute Gasteiger partial charge is 0.507 e. The van der Waals surface area contributed by atoms with Crippen LogP contribution in [0, 0.1) is 5.92 Å². The maximum atomic E-state index is 12.9. The van der Waals surface area contributed by atoms with E-state index in [1.165, 1.54) is 10.7 Å². The summed E-state index contributed by atoms with van der Waals surface area (Å²) >= 11 is 6.20. The minimum Gasteiger partial charge on any atom is -0.507 e. The zero-order valence-corrected chi connectivity index (χ0v) is 20.1. The van der Waals surface area contributed by atoms with Gasteiger partial charge in [-0.15, -0.1) is 0 Å². The van der Waals surface area contributed by atoms with Crippen LogP contribution in [-0.2, 0) is 11.3 Å². The Labute approximate surface area is 204 Å². The molecule has 1 aromatic heterocycles. The number of nitrogens with one attached hydrogen (secondary N) is 2. The Kier molecular flexibility index (Phi) is 7.22. The number of aromatic nitrogens is 2. The average Bonchev–Trinajstić information content (AvgIpc) is 3.57. The zero-order valence-electron chi connectivity index (χ0n) is 19.3.